The highest BCUT2D eigenvalue weighted by atomic mass is 79.9. The van der Waals surface area contributed by atoms with Crippen LogP contribution in [0.4, 0.5) is 5.82 Å². The van der Waals surface area contributed by atoms with E-state index >= 15 is 0 Å². The molecule has 1 aromatic heterocycles. The molecule has 0 radical (unpaired) electrons. The second-order valence-corrected chi connectivity index (χ2v) is 4.96. The van der Waals surface area contributed by atoms with E-state index in [0.29, 0.717) is 18.0 Å². The van der Waals surface area contributed by atoms with Crippen LogP contribution in [0.3, 0.4) is 0 Å². The Morgan fingerprint density at radius 3 is 3.12 bits per heavy atom. The van der Waals surface area contributed by atoms with Crippen molar-refractivity contribution in [2.75, 3.05) is 11.9 Å². The molecular weight excluding hydrogens is 293 g/mol. The minimum absolute atomic E-state index is 0.120. The first-order valence-electron chi connectivity index (χ1n) is 4.99. The van der Waals surface area contributed by atoms with Gasteiger partial charge in [-0.05, 0) is 28.4 Å². The summed E-state index contributed by atoms with van der Waals surface area (Å²) in [5.41, 5.74) is 0. The van der Waals surface area contributed by atoms with Crippen molar-refractivity contribution in [1.82, 2.24) is 10.3 Å². The summed E-state index contributed by atoms with van der Waals surface area (Å²) < 4.78 is 0.823. The normalized spacial score (nSPS) is 19.6. The van der Waals surface area contributed by atoms with Gasteiger partial charge in [-0.25, -0.2) is 4.98 Å². The van der Waals surface area contributed by atoms with Gasteiger partial charge in [-0.15, -0.1) is 0 Å². The molecule has 1 aliphatic heterocycles. The maximum Gasteiger partial charge on any atom is 0.220 e. The fourth-order valence-electron chi connectivity index (χ4n) is 1.59. The molecule has 2 N–H and O–H groups in total. The SMILES string of the molecule is O=C1CCC(CNc2ncc(Cl)cc2Br)N1. The van der Waals surface area contributed by atoms with Crippen LogP contribution in [0.25, 0.3) is 0 Å². The Hall–Kier alpha value is -0.810. The monoisotopic (exact) mass is 303 g/mol. The van der Waals surface area contributed by atoms with Gasteiger partial charge >= 0.3 is 0 Å². The number of hydrogen-bond acceptors (Lipinski definition) is 3. The Morgan fingerprint density at radius 1 is 1.69 bits per heavy atom. The van der Waals surface area contributed by atoms with Gasteiger partial charge in [0.15, 0.2) is 0 Å². The molecule has 2 heterocycles. The van der Waals surface area contributed by atoms with Crippen LogP contribution >= 0.6 is 27.5 Å². The standard InChI is InChI=1S/C10H11BrClN3O/c11-8-3-6(12)4-13-10(8)14-5-7-1-2-9(16)15-7/h3-4,7H,1-2,5H2,(H,13,14)(H,15,16). The first-order valence-corrected chi connectivity index (χ1v) is 6.16. The molecule has 2 rings (SSSR count). The van der Waals surface area contributed by atoms with E-state index in [4.69, 9.17) is 11.6 Å². The number of halogens is 2. The van der Waals surface area contributed by atoms with Crippen molar-refractivity contribution in [3.05, 3.63) is 21.8 Å². The van der Waals surface area contributed by atoms with Crippen LogP contribution in [0, 0.1) is 0 Å². The summed E-state index contributed by atoms with van der Waals surface area (Å²) in [7, 11) is 0. The van der Waals surface area contributed by atoms with E-state index in [9.17, 15) is 4.79 Å². The number of anilines is 1. The largest absolute Gasteiger partial charge is 0.367 e. The second-order valence-electron chi connectivity index (χ2n) is 3.67. The van der Waals surface area contributed by atoms with Crippen molar-refractivity contribution in [2.45, 2.75) is 18.9 Å². The van der Waals surface area contributed by atoms with E-state index in [1.54, 1.807) is 12.3 Å². The number of aromatic nitrogens is 1. The van der Waals surface area contributed by atoms with Gasteiger partial charge in [0, 0.05) is 25.2 Å². The molecule has 1 unspecified atom stereocenters. The average molecular weight is 305 g/mol. The van der Waals surface area contributed by atoms with E-state index in [2.05, 4.69) is 31.5 Å². The van der Waals surface area contributed by atoms with E-state index in [0.717, 1.165) is 16.7 Å². The lowest BCUT2D eigenvalue weighted by atomic mass is 10.2. The predicted octanol–water partition coefficient (Wildman–Crippen LogP) is 2.19. The molecule has 16 heavy (non-hydrogen) atoms. The molecule has 1 saturated heterocycles. The van der Waals surface area contributed by atoms with Gasteiger partial charge in [0.1, 0.15) is 5.82 Å². The summed E-state index contributed by atoms with van der Waals surface area (Å²) in [6.07, 6.45) is 3.07. The van der Waals surface area contributed by atoms with E-state index in [1.807, 2.05) is 0 Å². The summed E-state index contributed by atoms with van der Waals surface area (Å²) in [6, 6.07) is 1.97. The van der Waals surface area contributed by atoms with Crippen molar-refractivity contribution in [1.29, 1.82) is 0 Å². The topological polar surface area (TPSA) is 54.0 Å². The van der Waals surface area contributed by atoms with Gasteiger partial charge in [0.2, 0.25) is 5.91 Å². The van der Waals surface area contributed by atoms with Crippen molar-refractivity contribution in [3.8, 4) is 0 Å². The zero-order chi connectivity index (χ0) is 11.5. The highest BCUT2D eigenvalue weighted by Gasteiger charge is 2.20. The molecular formula is C10H11BrClN3O. The van der Waals surface area contributed by atoms with Crippen LogP contribution in [-0.2, 0) is 4.79 Å². The maximum atomic E-state index is 11.0. The van der Waals surface area contributed by atoms with Gasteiger partial charge in [-0.2, -0.15) is 0 Å². The van der Waals surface area contributed by atoms with E-state index in [-0.39, 0.29) is 11.9 Å². The lowest BCUT2D eigenvalue weighted by molar-refractivity contribution is -0.119. The summed E-state index contributed by atoms with van der Waals surface area (Å²) in [4.78, 5) is 15.2. The third-order valence-corrected chi connectivity index (χ3v) is 3.22. The first-order chi connectivity index (χ1) is 7.65. The Balaban J connectivity index is 1.92. The summed E-state index contributed by atoms with van der Waals surface area (Å²) in [5, 5.41) is 6.65. The number of carbonyl (C=O) groups excluding carboxylic acids is 1. The molecule has 4 nitrogen and oxygen atoms in total. The fraction of sp³-hybridized carbons (Fsp3) is 0.400. The van der Waals surface area contributed by atoms with Crippen LogP contribution in [0.2, 0.25) is 5.02 Å². The molecule has 0 bridgehead atoms. The lowest BCUT2D eigenvalue weighted by Crippen LogP contribution is -2.32. The molecule has 86 valence electrons. The molecule has 0 saturated carbocycles. The zero-order valence-corrected chi connectivity index (χ0v) is 10.8. The van der Waals surface area contributed by atoms with E-state index in [1.165, 1.54) is 0 Å². The zero-order valence-electron chi connectivity index (χ0n) is 8.46. The molecule has 1 atom stereocenters. The molecule has 1 fully saturated rings. The minimum Gasteiger partial charge on any atom is -0.367 e. The van der Waals surface area contributed by atoms with Crippen LogP contribution in [0.5, 0.6) is 0 Å². The third-order valence-electron chi connectivity index (χ3n) is 2.41. The van der Waals surface area contributed by atoms with Gasteiger partial charge in [0.25, 0.3) is 0 Å². The Labute approximate surface area is 107 Å². The van der Waals surface area contributed by atoms with Crippen molar-refractivity contribution < 1.29 is 4.79 Å². The number of amides is 1. The molecule has 1 amide bonds. The molecule has 1 aliphatic rings. The minimum atomic E-state index is 0.120. The van der Waals surface area contributed by atoms with Gasteiger partial charge < -0.3 is 10.6 Å². The smallest absolute Gasteiger partial charge is 0.220 e. The fourth-order valence-corrected chi connectivity index (χ4v) is 2.37. The summed E-state index contributed by atoms with van der Waals surface area (Å²) in [5.74, 6) is 0.862. The quantitative estimate of drug-likeness (QED) is 0.900. The predicted molar refractivity (Wildman–Crippen MR) is 66.6 cm³/mol. The number of pyridine rings is 1. The summed E-state index contributed by atoms with van der Waals surface area (Å²) in [6.45, 7) is 0.680. The van der Waals surface area contributed by atoms with Crippen LogP contribution in [0.1, 0.15) is 12.8 Å². The second kappa shape index (κ2) is 5.01. The average Bonchev–Trinajstić information content (AvgIpc) is 2.63. The van der Waals surface area contributed by atoms with Gasteiger partial charge in [-0.1, -0.05) is 11.6 Å². The lowest BCUT2D eigenvalue weighted by Gasteiger charge is -2.12. The van der Waals surface area contributed by atoms with Crippen molar-refractivity contribution >= 4 is 39.3 Å². The highest BCUT2D eigenvalue weighted by Crippen LogP contribution is 2.23. The molecule has 6 heteroatoms. The number of rotatable bonds is 3. The Morgan fingerprint density at radius 2 is 2.50 bits per heavy atom. The molecule has 1 aromatic rings. The number of carbonyl (C=O) groups is 1. The van der Waals surface area contributed by atoms with Crippen molar-refractivity contribution in [2.24, 2.45) is 0 Å². The molecule has 0 aromatic carbocycles. The Kier molecular flexibility index (Phi) is 3.66. The van der Waals surface area contributed by atoms with Gasteiger partial charge in [0.05, 0.1) is 9.50 Å². The first kappa shape index (κ1) is 11.7. The van der Waals surface area contributed by atoms with Gasteiger partial charge in [-0.3, -0.25) is 4.79 Å². The maximum absolute atomic E-state index is 11.0. The summed E-state index contributed by atoms with van der Waals surface area (Å²) >= 11 is 9.16. The number of nitrogens with one attached hydrogen (secondary N) is 2. The highest BCUT2D eigenvalue weighted by molar-refractivity contribution is 9.10. The van der Waals surface area contributed by atoms with Crippen LogP contribution in [0.15, 0.2) is 16.7 Å². The number of hydrogen-bond donors (Lipinski definition) is 2. The third kappa shape index (κ3) is 2.86. The molecule has 0 spiro atoms. The van der Waals surface area contributed by atoms with Crippen molar-refractivity contribution in [3.63, 3.8) is 0 Å². The van der Waals surface area contributed by atoms with Crippen LogP contribution < -0.4 is 10.6 Å². The van der Waals surface area contributed by atoms with E-state index < -0.39 is 0 Å². The van der Waals surface area contributed by atoms with Crippen LogP contribution in [-0.4, -0.2) is 23.5 Å². The Bertz CT molecular complexity index is 413. The number of nitrogens with zero attached hydrogens (tertiary/aromatic N) is 1. The molecule has 0 aliphatic carbocycles.